The summed E-state index contributed by atoms with van der Waals surface area (Å²) >= 11 is 0. The second-order valence-corrected chi connectivity index (χ2v) is 15.0. The molecule has 57 heavy (non-hydrogen) atoms. The van der Waals surface area contributed by atoms with Gasteiger partial charge in [0.2, 0.25) is 0 Å². The first-order valence-electron chi connectivity index (χ1n) is 19.8. The minimum absolute atomic E-state index is 0.134. The molecule has 2 nitrogen and oxygen atoms in total. The van der Waals surface area contributed by atoms with Crippen molar-refractivity contribution < 1.29 is 0 Å². The van der Waals surface area contributed by atoms with Gasteiger partial charge in [-0.3, -0.25) is 9.97 Å². The molecule has 0 N–H and O–H groups in total. The molecular weight excluding hydrogens is 689 g/mol. The van der Waals surface area contributed by atoms with Crippen molar-refractivity contribution in [3.8, 4) is 67.0 Å². The lowest BCUT2D eigenvalue weighted by molar-refractivity contribution is 0.672. The van der Waals surface area contributed by atoms with E-state index in [0.717, 1.165) is 22.5 Å². The van der Waals surface area contributed by atoms with Crippen LogP contribution in [0.25, 0.3) is 83.9 Å². The van der Waals surface area contributed by atoms with Crippen LogP contribution in [0.4, 0.5) is 0 Å². The summed E-state index contributed by atoms with van der Waals surface area (Å²) in [6, 6.07) is 67.8. The number of hydrogen-bond donors (Lipinski definition) is 0. The number of rotatable bonds is 7. The monoisotopic (exact) mass is 728 g/mol. The third kappa shape index (κ3) is 6.46. The molecule has 7 aromatic carbocycles. The fraction of sp³-hybridized carbons (Fsp3) is 0.0545. The maximum Gasteiger partial charge on any atom is 0.0702 e. The Hall–Kier alpha value is -7.16. The third-order valence-corrected chi connectivity index (χ3v) is 11.5. The number of nitrogens with zero attached hydrogens (tertiary/aromatic N) is 2. The Bertz CT molecular complexity index is 2840. The third-order valence-electron chi connectivity index (χ3n) is 11.5. The zero-order chi connectivity index (χ0) is 38.1. The first-order chi connectivity index (χ1) is 28.2. The Labute approximate surface area is 334 Å². The van der Waals surface area contributed by atoms with Crippen molar-refractivity contribution in [2.45, 2.75) is 18.8 Å². The summed E-state index contributed by atoms with van der Waals surface area (Å²) in [4.78, 5) is 9.45. The topological polar surface area (TPSA) is 25.8 Å². The van der Waals surface area contributed by atoms with Gasteiger partial charge in [0.15, 0.2) is 0 Å². The van der Waals surface area contributed by atoms with Gasteiger partial charge < -0.3 is 0 Å². The van der Waals surface area contributed by atoms with Crippen molar-refractivity contribution in [1.29, 1.82) is 0 Å². The van der Waals surface area contributed by atoms with Gasteiger partial charge in [-0.25, -0.2) is 0 Å². The number of aromatic nitrogens is 2. The highest BCUT2D eigenvalue weighted by molar-refractivity contribution is 6.11. The number of pyridine rings is 2. The molecule has 2 aromatic heterocycles. The highest BCUT2D eigenvalue weighted by atomic mass is 14.7. The van der Waals surface area contributed by atoms with Crippen LogP contribution >= 0.6 is 0 Å². The van der Waals surface area contributed by atoms with E-state index in [2.05, 4.69) is 195 Å². The summed E-state index contributed by atoms with van der Waals surface area (Å²) in [5.74, 6) is 0.283. The number of allylic oxidation sites excluding steroid dienone is 1. The Morgan fingerprint density at radius 2 is 0.842 bits per heavy atom. The highest BCUT2D eigenvalue weighted by Crippen LogP contribution is 2.52. The molecule has 270 valence electrons. The molecular formula is C55H40N2. The van der Waals surface area contributed by atoms with E-state index in [1.165, 1.54) is 72.0 Å². The highest BCUT2D eigenvalue weighted by Gasteiger charge is 2.31. The molecule has 0 aliphatic heterocycles. The van der Waals surface area contributed by atoms with Crippen LogP contribution in [-0.2, 0) is 0 Å². The average Bonchev–Trinajstić information content (AvgIpc) is 3.29. The smallest absolute Gasteiger partial charge is 0.0702 e. The lowest BCUT2D eigenvalue weighted by Gasteiger charge is -2.33. The van der Waals surface area contributed by atoms with Crippen LogP contribution < -0.4 is 0 Å². The van der Waals surface area contributed by atoms with E-state index in [0.29, 0.717) is 0 Å². The molecule has 0 amide bonds. The van der Waals surface area contributed by atoms with Crippen molar-refractivity contribution in [3.63, 3.8) is 0 Å². The molecule has 2 atom stereocenters. The number of benzene rings is 7. The molecule has 0 saturated heterocycles. The van der Waals surface area contributed by atoms with Crippen LogP contribution in [0.3, 0.4) is 0 Å². The van der Waals surface area contributed by atoms with Gasteiger partial charge in [0.05, 0.1) is 11.4 Å². The van der Waals surface area contributed by atoms with Crippen LogP contribution in [0, 0.1) is 0 Å². The fourth-order valence-electron chi connectivity index (χ4n) is 8.87. The molecule has 2 heterocycles. The molecule has 0 saturated carbocycles. The molecule has 1 aliphatic rings. The zero-order valence-corrected chi connectivity index (χ0v) is 31.8. The van der Waals surface area contributed by atoms with Crippen LogP contribution in [0.5, 0.6) is 0 Å². The summed E-state index contributed by atoms with van der Waals surface area (Å²) < 4.78 is 0. The molecule has 0 radical (unpaired) electrons. The molecule has 9 aromatic rings. The van der Waals surface area contributed by atoms with E-state index in [1.807, 2.05) is 24.5 Å². The quantitative estimate of drug-likeness (QED) is 0.163. The van der Waals surface area contributed by atoms with Crippen molar-refractivity contribution in [2.75, 3.05) is 0 Å². The first-order valence-corrected chi connectivity index (χ1v) is 19.8. The summed E-state index contributed by atoms with van der Waals surface area (Å²) in [5, 5.41) is 2.48. The maximum atomic E-state index is 4.74. The fourth-order valence-corrected chi connectivity index (χ4v) is 8.87. The van der Waals surface area contributed by atoms with E-state index in [4.69, 9.17) is 9.97 Å². The summed E-state index contributed by atoms with van der Waals surface area (Å²) in [6.45, 7) is 2.43. The van der Waals surface area contributed by atoms with Crippen molar-refractivity contribution in [3.05, 3.63) is 223 Å². The summed E-state index contributed by atoms with van der Waals surface area (Å²) in [5.41, 5.74) is 17.9. The molecule has 1 aliphatic carbocycles. The summed E-state index contributed by atoms with van der Waals surface area (Å²) in [7, 11) is 0. The van der Waals surface area contributed by atoms with E-state index in [1.54, 1.807) is 0 Å². The molecule has 2 heteroatoms. The zero-order valence-electron chi connectivity index (χ0n) is 31.8. The standard InChI is InChI=1S/C55H40N2/c1-37-47(46-35-44(38-16-4-2-5-17-38)34-45(36-46)39-18-6-3-7-19-39)28-29-50-53(37)55(43-23-15-21-41(33-43)52-27-11-13-31-57-52)49-25-9-8-24-48(49)54(50)42-22-14-20-40(32-42)51-26-10-12-30-56-51/h2-37,47H,1H3. The van der Waals surface area contributed by atoms with Crippen LogP contribution in [0.1, 0.15) is 35.4 Å². The average molecular weight is 729 g/mol. The normalized spacial score (nSPS) is 14.7. The van der Waals surface area contributed by atoms with Crippen molar-refractivity contribution in [2.24, 2.45) is 0 Å². The predicted molar refractivity (Wildman–Crippen MR) is 239 cm³/mol. The lowest BCUT2D eigenvalue weighted by Crippen LogP contribution is -2.14. The van der Waals surface area contributed by atoms with Gasteiger partial charge in [-0.15, -0.1) is 0 Å². The molecule has 0 bridgehead atoms. The number of hydrogen-bond acceptors (Lipinski definition) is 2. The molecule has 0 spiro atoms. The van der Waals surface area contributed by atoms with Gasteiger partial charge in [-0.1, -0.05) is 165 Å². The van der Waals surface area contributed by atoms with E-state index < -0.39 is 0 Å². The minimum Gasteiger partial charge on any atom is -0.256 e. The lowest BCUT2D eigenvalue weighted by atomic mass is 9.70. The van der Waals surface area contributed by atoms with Gasteiger partial charge in [-0.05, 0) is 120 Å². The van der Waals surface area contributed by atoms with Crippen molar-refractivity contribution >= 4 is 16.8 Å². The Morgan fingerprint density at radius 3 is 1.39 bits per heavy atom. The predicted octanol–water partition coefficient (Wildman–Crippen LogP) is 14.5. The van der Waals surface area contributed by atoms with Gasteiger partial charge >= 0.3 is 0 Å². The van der Waals surface area contributed by atoms with Crippen LogP contribution in [-0.4, -0.2) is 9.97 Å². The number of fused-ring (bicyclic) bond motifs is 2. The second-order valence-electron chi connectivity index (χ2n) is 15.0. The van der Waals surface area contributed by atoms with Gasteiger partial charge in [0.1, 0.15) is 0 Å². The van der Waals surface area contributed by atoms with E-state index >= 15 is 0 Å². The second kappa shape index (κ2) is 14.8. The molecule has 10 rings (SSSR count). The maximum absolute atomic E-state index is 4.74. The van der Waals surface area contributed by atoms with E-state index in [-0.39, 0.29) is 11.8 Å². The first kappa shape index (κ1) is 34.3. The Morgan fingerprint density at radius 1 is 0.386 bits per heavy atom. The SMILES string of the molecule is CC1c2c(c(-c3cccc(-c4ccccn4)c3)c3ccccc3c2-c2cccc(-c3ccccn3)c2)C=CC1c1cc(-c2ccccc2)cc(-c2ccccc2)c1. The van der Waals surface area contributed by atoms with Crippen molar-refractivity contribution in [1.82, 2.24) is 9.97 Å². The van der Waals surface area contributed by atoms with Crippen LogP contribution in [0.2, 0.25) is 0 Å². The molecule has 2 unspecified atom stereocenters. The van der Waals surface area contributed by atoms with Gasteiger partial charge in [0, 0.05) is 29.4 Å². The van der Waals surface area contributed by atoms with E-state index in [9.17, 15) is 0 Å². The van der Waals surface area contributed by atoms with Gasteiger partial charge in [0.25, 0.3) is 0 Å². The summed E-state index contributed by atoms with van der Waals surface area (Å²) in [6.07, 6.45) is 8.62. The Kier molecular flexibility index (Phi) is 8.93. The minimum atomic E-state index is 0.134. The molecule has 0 fully saturated rings. The van der Waals surface area contributed by atoms with Gasteiger partial charge in [-0.2, -0.15) is 0 Å². The largest absolute Gasteiger partial charge is 0.256 e. The van der Waals surface area contributed by atoms with Crippen LogP contribution in [0.15, 0.2) is 207 Å². The Balaban J connectivity index is 1.23.